The molecule has 3 heteroatoms. The molecule has 4 rings (SSSR count). The lowest BCUT2D eigenvalue weighted by atomic mass is 9.86. The lowest BCUT2D eigenvalue weighted by molar-refractivity contribution is 0.101. The molecular weight excluding hydrogens is 310 g/mol. The largest absolute Gasteiger partial charge is 0.392 e. The van der Waals surface area contributed by atoms with E-state index in [1.54, 1.807) is 13.1 Å². The van der Waals surface area contributed by atoms with Crippen LogP contribution in [0.2, 0.25) is 0 Å². The Balaban J connectivity index is 1.97. The van der Waals surface area contributed by atoms with Crippen LogP contribution in [0.4, 0.5) is 0 Å². The molecule has 4 aromatic rings. The maximum absolute atomic E-state index is 11.5. The highest BCUT2D eigenvalue weighted by atomic mass is 16.3. The Morgan fingerprint density at radius 3 is 2.52 bits per heavy atom. The maximum Gasteiger partial charge on any atom is 0.130 e. The molecule has 25 heavy (non-hydrogen) atoms. The third-order valence-electron chi connectivity index (χ3n) is 4.79. The van der Waals surface area contributed by atoms with E-state index in [-0.39, 0.29) is 6.61 Å². The first-order chi connectivity index (χ1) is 12.1. The van der Waals surface area contributed by atoms with Crippen molar-refractivity contribution >= 4 is 21.5 Å². The van der Waals surface area contributed by atoms with Crippen molar-refractivity contribution < 1.29 is 10.2 Å². The molecule has 0 aliphatic heterocycles. The van der Waals surface area contributed by atoms with Crippen molar-refractivity contribution in [3.8, 4) is 0 Å². The van der Waals surface area contributed by atoms with E-state index in [0.717, 1.165) is 32.7 Å². The van der Waals surface area contributed by atoms with Gasteiger partial charge in [0.2, 0.25) is 0 Å². The van der Waals surface area contributed by atoms with Gasteiger partial charge in [0.1, 0.15) is 5.60 Å². The molecule has 0 saturated carbocycles. The Labute approximate surface area is 146 Å². The molecule has 1 aromatic heterocycles. The molecule has 0 saturated heterocycles. The first kappa shape index (κ1) is 15.8. The van der Waals surface area contributed by atoms with Crippen LogP contribution in [-0.2, 0) is 12.2 Å². The van der Waals surface area contributed by atoms with Crippen molar-refractivity contribution in [2.24, 2.45) is 0 Å². The van der Waals surface area contributed by atoms with Gasteiger partial charge in [0, 0.05) is 11.6 Å². The zero-order chi connectivity index (χ0) is 17.4. The van der Waals surface area contributed by atoms with E-state index in [4.69, 9.17) is 0 Å². The number of pyridine rings is 1. The first-order valence-electron chi connectivity index (χ1n) is 8.31. The van der Waals surface area contributed by atoms with Crippen LogP contribution in [0.25, 0.3) is 21.5 Å². The van der Waals surface area contributed by atoms with Crippen molar-refractivity contribution in [3.05, 3.63) is 89.7 Å². The predicted molar refractivity (Wildman–Crippen MR) is 100 cm³/mol. The minimum Gasteiger partial charge on any atom is -0.392 e. The molecule has 3 nitrogen and oxygen atoms in total. The van der Waals surface area contributed by atoms with Crippen LogP contribution in [-0.4, -0.2) is 15.2 Å². The molecule has 1 unspecified atom stereocenters. The van der Waals surface area contributed by atoms with Crippen molar-refractivity contribution in [3.63, 3.8) is 0 Å². The Kier molecular flexibility index (Phi) is 3.75. The molecule has 3 aromatic carbocycles. The Bertz CT molecular complexity index is 1060. The number of hydrogen-bond acceptors (Lipinski definition) is 3. The summed E-state index contributed by atoms with van der Waals surface area (Å²) < 4.78 is 0. The van der Waals surface area contributed by atoms with Gasteiger partial charge in [0.15, 0.2) is 0 Å². The topological polar surface area (TPSA) is 53.4 Å². The van der Waals surface area contributed by atoms with Crippen LogP contribution in [0.1, 0.15) is 23.7 Å². The zero-order valence-electron chi connectivity index (χ0n) is 14.0. The van der Waals surface area contributed by atoms with Gasteiger partial charge in [-0.1, -0.05) is 54.6 Å². The summed E-state index contributed by atoms with van der Waals surface area (Å²) >= 11 is 0. The molecule has 1 atom stereocenters. The van der Waals surface area contributed by atoms with E-state index in [9.17, 15) is 10.2 Å². The lowest BCUT2D eigenvalue weighted by Crippen LogP contribution is -2.25. The highest BCUT2D eigenvalue weighted by Crippen LogP contribution is 2.36. The second kappa shape index (κ2) is 5.96. The molecular formula is C22H19NO2. The van der Waals surface area contributed by atoms with Crippen LogP contribution in [0.15, 0.2) is 72.9 Å². The SMILES string of the molecule is CC(O)(c1cccc2ccccc12)c1nccc2cc(CO)ccc12. The second-order valence-electron chi connectivity index (χ2n) is 6.47. The van der Waals surface area contributed by atoms with Gasteiger partial charge < -0.3 is 10.2 Å². The van der Waals surface area contributed by atoms with E-state index >= 15 is 0 Å². The second-order valence-corrected chi connectivity index (χ2v) is 6.47. The van der Waals surface area contributed by atoms with Crippen LogP contribution >= 0.6 is 0 Å². The standard InChI is InChI=1S/C22H19NO2/c1-22(25,20-8-4-6-16-5-2-3-7-18(16)20)21-19-10-9-15(14-24)13-17(19)11-12-23-21/h2-13,24-25H,14H2,1H3. The van der Waals surface area contributed by atoms with Gasteiger partial charge >= 0.3 is 0 Å². The average molecular weight is 329 g/mol. The van der Waals surface area contributed by atoms with E-state index in [1.165, 1.54) is 0 Å². The van der Waals surface area contributed by atoms with E-state index in [2.05, 4.69) is 4.98 Å². The molecule has 1 heterocycles. The summed E-state index contributed by atoms with van der Waals surface area (Å²) in [6, 6.07) is 21.6. The molecule has 0 fully saturated rings. The highest BCUT2D eigenvalue weighted by molar-refractivity contribution is 5.90. The average Bonchev–Trinajstić information content (AvgIpc) is 2.66. The molecule has 0 radical (unpaired) electrons. The van der Waals surface area contributed by atoms with Crippen molar-refractivity contribution in [1.82, 2.24) is 4.98 Å². The van der Waals surface area contributed by atoms with Crippen LogP contribution in [0.5, 0.6) is 0 Å². The molecule has 2 N–H and O–H groups in total. The first-order valence-corrected chi connectivity index (χ1v) is 8.31. The quantitative estimate of drug-likeness (QED) is 0.594. The summed E-state index contributed by atoms with van der Waals surface area (Å²) in [5.41, 5.74) is 1.05. The third kappa shape index (κ3) is 2.58. The van der Waals surface area contributed by atoms with Gasteiger partial charge in [-0.15, -0.1) is 0 Å². The number of aliphatic hydroxyl groups is 2. The van der Waals surface area contributed by atoms with Gasteiger partial charge in [-0.05, 0) is 46.3 Å². The van der Waals surface area contributed by atoms with Gasteiger partial charge in [0.05, 0.1) is 12.3 Å². The van der Waals surface area contributed by atoms with Crippen molar-refractivity contribution in [1.29, 1.82) is 0 Å². The molecule has 0 aliphatic carbocycles. The van der Waals surface area contributed by atoms with E-state index in [0.29, 0.717) is 5.69 Å². The van der Waals surface area contributed by atoms with E-state index < -0.39 is 5.60 Å². The summed E-state index contributed by atoms with van der Waals surface area (Å²) in [5.74, 6) is 0. The molecule has 0 amide bonds. The van der Waals surface area contributed by atoms with Crippen molar-refractivity contribution in [2.45, 2.75) is 19.1 Å². The predicted octanol–water partition coefficient (Wildman–Crippen LogP) is 4.14. The zero-order valence-corrected chi connectivity index (χ0v) is 14.0. The number of aromatic nitrogens is 1. The molecule has 0 spiro atoms. The Morgan fingerprint density at radius 1 is 0.880 bits per heavy atom. The fourth-order valence-corrected chi connectivity index (χ4v) is 3.49. The minimum atomic E-state index is -1.24. The van der Waals surface area contributed by atoms with Gasteiger partial charge in [-0.3, -0.25) is 4.98 Å². The van der Waals surface area contributed by atoms with Gasteiger partial charge in [-0.2, -0.15) is 0 Å². The number of aliphatic hydroxyl groups excluding tert-OH is 1. The van der Waals surface area contributed by atoms with Crippen molar-refractivity contribution in [2.75, 3.05) is 0 Å². The van der Waals surface area contributed by atoms with Crippen LogP contribution in [0.3, 0.4) is 0 Å². The fourth-order valence-electron chi connectivity index (χ4n) is 3.49. The Hall–Kier alpha value is -2.75. The van der Waals surface area contributed by atoms with Crippen LogP contribution < -0.4 is 0 Å². The molecule has 124 valence electrons. The van der Waals surface area contributed by atoms with Crippen LogP contribution in [0, 0.1) is 0 Å². The smallest absolute Gasteiger partial charge is 0.130 e. The summed E-state index contributed by atoms with van der Waals surface area (Å²) in [6.07, 6.45) is 1.71. The monoisotopic (exact) mass is 329 g/mol. The minimum absolute atomic E-state index is 0.00664. The summed E-state index contributed by atoms with van der Waals surface area (Å²) in [4.78, 5) is 4.50. The summed E-state index contributed by atoms with van der Waals surface area (Å²) in [6.45, 7) is 1.78. The number of nitrogens with zero attached hydrogens (tertiary/aromatic N) is 1. The van der Waals surface area contributed by atoms with Gasteiger partial charge in [-0.25, -0.2) is 0 Å². The normalized spacial score (nSPS) is 13.9. The maximum atomic E-state index is 11.5. The van der Waals surface area contributed by atoms with E-state index in [1.807, 2.05) is 66.7 Å². The molecule has 0 bridgehead atoms. The summed E-state index contributed by atoms with van der Waals surface area (Å²) in [5, 5.41) is 24.8. The number of rotatable bonds is 3. The lowest BCUT2D eigenvalue weighted by Gasteiger charge is -2.26. The summed E-state index contributed by atoms with van der Waals surface area (Å²) in [7, 11) is 0. The molecule has 0 aliphatic rings. The van der Waals surface area contributed by atoms with Gasteiger partial charge in [0.25, 0.3) is 0 Å². The number of benzene rings is 3. The Morgan fingerprint density at radius 2 is 1.68 bits per heavy atom. The third-order valence-corrected chi connectivity index (χ3v) is 4.79. The number of fused-ring (bicyclic) bond motifs is 2. The fraction of sp³-hybridized carbons (Fsp3) is 0.136. The highest BCUT2D eigenvalue weighted by Gasteiger charge is 2.30. The number of hydrogen-bond donors (Lipinski definition) is 2.